The highest BCUT2D eigenvalue weighted by Crippen LogP contribution is 2.31. The maximum absolute atomic E-state index is 12.8. The summed E-state index contributed by atoms with van der Waals surface area (Å²) in [5, 5.41) is 9.48. The van der Waals surface area contributed by atoms with Crippen LogP contribution in [0.5, 0.6) is 5.75 Å². The van der Waals surface area contributed by atoms with Crippen LogP contribution in [0.4, 0.5) is 18.9 Å². The summed E-state index contributed by atoms with van der Waals surface area (Å²) >= 11 is 6.88. The van der Waals surface area contributed by atoms with E-state index >= 15 is 0 Å². The highest BCUT2D eigenvalue weighted by Gasteiger charge is 2.30. The number of nitrogens with one attached hydrogen (secondary N) is 2. The van der Waals surface area contributed by atoms with Crippen molar-refractivity contribution in [2.75, 3.05) is 5.32 Å². The SMILES string of the molecule is CC(Sc1n[nH]c(COc2ccc(Cl)cc2)n1)C(=O)Nc1cccc(C(F)(F)F)c1. The number of carbonyl (C=O) groups excluding carboxylic acids is 1. The lowest BCUT2D eigenvalue weighted by Gasteiger charge is -2.12. The maximum atomic E-state index is 12.8. The summed E-state index contributed by atoms with van der Waals surface area (Å²) in [4.78, 5) is 16.5. The first-order valence-corrected chi connectivity index (χ1v) is 9.91. The second-order valence-corrected chi connectivity index (χ2v) is 7.88. The number of benzene rings is 2. The fraction of sp³-hybridized carbons (Fsp3) is 0.211. The van der Waals surface area contributed by atoms with E-state index in [1.807, 2.05) is 0 Å². The number of nitrogens with zero attached hydrogens (tertiary/aromatic N) is 2. The molecule has 1 atom stereocenters. The van der Waals surface area contributed by atoms with E-state index in [4.69, 9.17) is 16.3 Å². The van der Waals surface area contributed by atoms with Gasteiger partial charge in [-0.2, -0.15) is 13.2 Å². The molecule has 158 valence electrons. The molecule has 1 unspecified atom stereocenters. The van der Waals surface area contributed by atoms with Crippen molar-refractivity contribution in [2.24, 2.45) is 0 Å². The molecule has 0 bridgehead atoms. The van der Waals surface area contributed by atoms with Crippen LogP contribution in [0.1, 0.15) is 18.3 Å². The van der Waals surface area contributed by atoms with Gasteiger partial charge in [0.05, 0.1) is 10.8 Å². The lowest BCUT2D eigenvalue weighted by molar-refractivity contribution is -0.137. The van der Waals surface area contributed by atoms with Gasteiger partial charge in [-0.1, -0.05) is 29.4 Å². The van der Waals surface area contributed by atoms with Gasteiger partial charge in [-0.25, -0.2) is 4.98 Å². The Morgan fingerprint density at radius 1 is 1.27 bits per heavy atom. The molecule has 1 aromatic heterocycles. The lowest BCUT2D eigenvalue weighted by atomic mass is 10.2. The Kier molecular flexibility index (Phi) is 6.88. The topological polar surface area (TPSA) is 79.9 Å². The van der Waals surface area contributed by atoms with Gasteiger partial charge < -0.3 is 10.1 Å². The number of alkyl halides is 3. The quantitative estimate of drug-likeness (QED) is 0.479. The molecule has 0 spiro atoms. The molecule has 0 radical (unpaired) electrons. The van der Waals surface area contributed by atoms with Crippen molar-refractivity contribution in [1.82, 2.24) is 15.2 Å². The summed E-state index contributed by atoms with van der Waals surface area (Å²) in [6, 6.07) is 11.3. The van der Waals surface area contributed by atoms with Crippen LogP contribution >= 0.6 is 23.4 Å². The van der Waals surface area contributed by atoms with E-state index in [1.54, 1.807) is 31.2 Å². The minimum absolute atomic E-state index is 0.0642. The predicted molar refractivity (Wildman–Crippen MR) is 108 cm³/mol. The van der Waals surface area contributed by atoms with Crippen LogP contribution in [0.15, 0.2) is 53.7 Å². The van der Waals surface area contributed by atoms with E-state index < -0.39 is 22.9 Å². The second kappa shape index (κ2) is 9.40. The molecule has 2 aromatic carbocycles. The highest BCUT2D eigenvalue weighted by atomic mass is 35.5. The predicted octanol–water partition coefficient (Wildman–Crippen LogP) is 5.18. The van der Waals surface area contributed by atoms with Gasteiger partial charge in [0, 0.05) is 10.7 Å². The molecule has 1 heterocycles. The van der Waals surface area contributed by atoms with Crippen molar-refractivity contribution in [2.45, 2.75) is 30.1 Å². The van der Waals surface area contributed by atoms with E-state index in [0.29, 0.717) is 21.8 Å². The Morgan fingerprint density at radius 2 is 2.00 bits per heavy atom. The van der Waals surface area contributed by atoms with Crippen LogP contribution in [-0.2, 0) is 17.6 Å². The minimum atomic E-state index is -4.48. The summed E-state index contributed by atoms with van der Waals surface area (Å²) in [6.45, 7) is 1.74. The molecule has 11 heteroatoms. The first kappa shape index (κ1) is 22.0. The minimum Gasteiger partial charge on any atom is -0.486 e. The molecule has 3 aromatic rings. The number of ether oxygens (including phenoxy) is 1. The lowest BCUT2D eigenvalue weighted by Crippen LogP contribution is -2.22. The van der Waals surface area contributed by atoms with Crippen LogP contribution in [0.3, 0.4) is 0 Å². The molecular weight excluding hydrogens is 441 g/mol. The number of carbonyl (C=O) groups is 1. The first-order valence-electron chi connectivity index (χ1n) is 8.65. The molecule has 0 aliphatic heterocycles. The molecule has 30 heavy (non-hydrogen) atoms. The van der Waals surface area contributed by atoms with Crippen LogP contribution in [0.2, 0.25) is 5.02 Å². The molecule has 0 saturated heterocycles. The van der Waals surface area contributed by atoms with E-state index in [-0.39, 0.29) is 12.3 Å². The Labute approximate surface area is 179 Å². The Balaban J connectivity index is 1.54. The molecule has 0 fully saturated rings. The van der Waals surface area contributed by atoms with Crippen LogP contribution in [0, 0.1) is 0 Å². The molecule has 6 nitrogen and oxygen atoms in total. The second-order valence-electron chi connectivity index (χ2n) is 6.14. The van der Waals surface area contributed by atoms with Crippen LogP contribution < -0.4 is 10.1 Å². The highest BCUT2D eigenvalue weighted by molar-refractivity contribution is 8.00. The normalized spacial score (nSPS) is 12.4. The fourth-order valence-electron chi connectivity index (χ4n) is 2.31. The number of H-pyrrole nitrogens is 1. The van der Waals surface area contributed by atoms with Crippen LogP contribution in [0.25, 0.3) is 0 Å². The largest absolute Gasteiger partial charge is 0.486 e. The Morgan fingerprint density at radius 3 is 2.70 bits per heavy atom. The molecular formula is C19H16ClF3N4O2S. The monoisotopic (exact) mass is 456 g/mol. The van der Waals surface area contributed by atoms with Crippen molar-refractivity contribution < 1.29 is 22.7 Å². The molecule has 1 amide bonds. The number of amides is 1. The summed E-state index contributed by atoms with van der Waals surface area (Å²) in [5.74, 6) is 0.597. The van der Waals surface area contributed by atoms with Crippen molar-refractivity contribution >= 4 is 35.0 Å². The van der Waals surface area contributed by atoms with Gasteiger partial charge >= 0.3 is 6.18 Å². The average molecular weight is 457 g/mol. The van der Waals surface area contributed by atoms with Crippen molar-refractivity contribution in [3.8, 4) is 5.75 Å². The van der Waals surface area contributed by atoms with Crippen LogP contribution in [-0.4, -0.2) is 26.3 Å². The molecule has 2 N–H and O–H groups in total. The number of hydrogen-bond donors (Lipinski definition) is 2. The summed E-state index contributed by atoms with van der Waals surface area (Å²) in [7, 11) is 0. The number of halogens is 4. The van der Waals surface area contributed by atoms with Gasteiger partial charge in [-0.15, -0.1) is 5.10 Å². The number of rotatable bonds is 7. The van der Waals surface area contributed by atoms with Crippen molar-refractivity contribution in [3.05, 3.63) is 64.9 Å². The number of hydrogen-bond acceptors (Lipinski definition) is 5. The van der Waals surface area contributed by atoms with Gasteiger partial charge in [0.2, 0.25) is 11.1 Å². The average Bonchev–Trinajstić information content (AvgIpc) is 3.14. The summed E-state index contributed by atoms with van der Waals surface area (Å²) < 4.78 is 43.9. The van der Waals surface area contributed by atoms with E-state index in [9.17, 15) is 18.0 Å². The van der Waals surface area contributed by atoms with Gasteiger partial charge in [-0.05, 0) is 49.4 Å². The molecule has 0 saturated carbocycles. The Bertz CT molecular complexity index is 1010. The van der Waals surface area contributed by atoms with E-state index in [2.05, 4.69) is 20.5 Å². The standard InChI is InChI=1S/C19H16ClF3N4O2S/c1-11(17(28)24-14-4-2-3-12(9-14)19(21,22)23)30-18-25-16(26-27-18)10-29-15-7-5-13(20)6-8-15/h2-9,11H,10H2,1H3,(H,24,28)(H,25,26,27). The van der Waals surface area contributed by atoms with Gasteiger partial charge in [-0.3, -0.25) is 9.89 Å². The van der Waals surface area contributed by atoms with Gasteiger partial charge in [0.25, 0.3) is 0 Å². The third-order valence-corrected chi connectivity index (χ3v) is 5.02. The zero-order valence-electron chi connectivity index (χ0n) is 15.5. The number of thioether (sulfide) groups is 1. The first-order chi connectivity index (χ1) is 14.2. The molecule has 0 aliphatic carbocycles. The van der Waals surface area contributed by atoms with Gasteiger partial charge in [0.1, 0.15) is 12.4 Å². The third kappa shape index (κ3) is 6.14. The van der Waals surface area contributed by atoms with Crippen molar-refractivity contribution in [1.29, 1.82) is 0 Å². The number of anilines is 1. The van der Waals surface area contributed by atoms with Gasteiger partial charge in [0.15, 0.2) is 5.82 Å². The third-order valence-electron chi connectivity index (χ3n) is 3.81. The maximum Gasteiger partial charge on any atom is 0.416 e. The zero-order chi connectivity index (χ0) is 21.7. The Hall–Kier alpha value is -2.72. The zero-order valence-corrected chi connectivity index (χ0v) is 17.1. The number of aromatic nitrogens is 3. The molecule has 0 aliphatic rings. The number of aromatic amines is 1. The summed E-state index contributed by atoms with van der Waals surface area (Å²) in [6.07, 6.45) is -4.48. The van der Waals surface area contributed by atoms with E-state index in [1.165, 1.54) is 12.1 Å². The van der Waals surface area contributed by atoms with E-state index in [0.717, 1.165) is 23.9 Å². The van der Waals surface area contributed by atoms with Crippen molar-refractivity contribution in [3.63, 3.8) is 0 Å². The summed E-state index contributed by atoms with van der Waals surface area (Å²) in [5.41, 5.74) is -0.769. The molecule has 3 rings (SSSR count). The fourth-order valence-corrected chi connectivity index (χ4v) is 3.18. The smallest absolute Gasteiger partial charge is 0.416 e.